The van der Waals surface area contributed by atoms with Crippen LogP contribution in [0.5, 0.6) is 0 Å². The minimum Gasteiger partial charge on any atom is -0.370 e. The third-order valence-electron chi connectivity index (χ3n) is 3.26. The zero-order valence-electron chi connectivity index (χ0n) is 13.2. The van der Waals surface area contributed by atoms with Gasteiger partial charge in [0, 0.05) is 15.4 Å². The van der Waals surface area contributed by atoms with Crippen LogP contribution >= 0.6 is 27.7 Å². The first-order valence-electron chi connectivity index (χ1n) is 7.20. The Balaban J connectivity index is 2.53. The third-order valence-corrected chi connectivity index (χ3v) is 4.85. The lowest BCUT2D eigenvalue weighted by atomic mass is 10.0. The molecule has 9 heteroatoms. The van der Waals surface area contributed by atoms with Crippen molar-refractivity contribution in [2.75, 3.05) is 0 Å². The van der Waals surface area contributed by atoms with E-state index in [1.54, 1.807) is 6.07 Å². The number of nitro benzene ring substituents is 1. The zero-order valence-corrected chi connectivity index (χ0v) is 15.6. The number of aliphatic imine (C=N–C) groups is 1. The normalized spacial score (nSPS) is 10.3. The van der Waals surface area contributed by atoms with Crippen molar-refractivity contribution in [3.8, 4) is 0 Å². The molecule has 0 radical (unpaired) electrons. The smallest absolute Gasteiger partial charge is 0.284 e. The first-order chi connectivity index (χ1) is 11.8. The highest BCUT2D eigenvalue weighted by Gasteiger charge is 2.22. The van der Waals surface area contributed by atoms with Crippen LogP contribution in [-0.4, -0.2) is 16.8 Å². The molecule has 130 valence electrons. The van der Waals surface area contributed by atoms with E-state index in [0.29, 0.717) is 16.9 Å². The van der Waals surface area contributed by atoms with E-state index in [9.17, 15) is 14.9 Å². The summed E-state index contributed by atoms with van der Waals surface area (Å²) in [4.78, 5) is 27.8. The van der Waals surface area contributed by atoms with Gasteiger partial charge in [-0.25, -0.2) is 0 Å². The van der Waals surface area contributed by atoms with Gasteiger partial charge in [-0.2, -0.15) is 4.99 Å². The number of benzene rings is 2. The average Bonchev–Trinajstić information content (AvgIpc) is 2.55. The fourth-order valence-electron chi connectivity index (χ4n) is 2.13. The minimum absolute atomic E-state index is 0.128. The molecule has 4 N–H and O–H groups in total. The Kier molecular flexibility index (Phi) is 6.16. The zero-order chi connectivity index (χ0) is 18.6. The van der Waals surface area contributed by atoms with Gasteiger partial charge < -0.3 is 11.5 Å². The molecule has 0 unspecified atom stereocenters. The van der Waals surface area contributed by atoms with E-state index in [2.05, 4.69) is 20.9 Å². The number of nitrogens with two attached hydrogens (primary N) is 2. The summed E-state index contributed by atoms with van der Waals surface area (Å²) in [6.07, 6.45) is 0.507. The highest BCUT2D eigenvalue weighted by Crippen LogP contribution is 2.37. The maximum Gasteiger partial charge on any atom is 0.284 e. The molecule has 0 bridgehead atoms. The number of hydrogen-bond acceptors (Lipinski definition) is 4. The first kappa shape index (κ1) is 18.9. The van der Waals surface area contributed by atoms with Crippen LogP contribution in [0.25, 0.3) is 0 Å². The molecule has 0 aliphatic carbocycles. The number of halogens is 1. The molecule has 1 amide bonds. The van der Waals surface area contributed by atoms with E-state index in [4.69, 9.17) is 11.5 Å². The topological polar surface area (TPSA) is 125 Å². The van der Waals surface area contributed by atoms with E-state index >= 15 is 0 Å². The lowest BCUT2D eigenvalue weighted by Crippen LogP contribution is -2.24. The van der Waals surface area contributed by atoms with Gasteiger partial charge in [0.15, 0.2) is 5.96 Å². The van der Waals surface area contributed by atoms with Crippen LogP contribution < -0.4 is 11.5 Å². The second-order valence-corrected chi connectivity index (χ2v) is 7.02. The number of aryl methyl sites for hydroxylation is 1. The number of nitrogens with zero attached hydrogens (tertiary/aromatic N) is 2. The van der Waals surface area contributed by atoms with Crippen molar-refractivity contribution in [3.05, 3.63) is 62.1 Å². The van der Waals surface area contributed by atoms with Crippen molar-refractivity contribution in [2.45, 2.75) is 23.1 Å². The number of amides is 1. The van der Waals surface area contributed by atoms with Crippen molar-refractivity contribution >= 4 is 45.2 Å². The van der Waals surface area contributed by atoms with Gasteiger partial charge in [-0.05, 0) is 42.3 Å². The van der Waals surface area contributed by atoms with Gasteiger partial charge in [0.2, 0.25) is 0 Å². The fraction of sp³-hybridized carbons (Fsp3) is 0.125. The number of carbonyl (C=O) groups excluding carboxylic acids is 1. The molecule has 2 rings (SSSR count). The molecule has 2 aromatic carbocycles. The second kappa shape index (κ2) is 8.13. The summed E-state index contributed by atoms with van der Waals surface area (Å²) >= 11 is 4.60. The molecule has 0 aliphatic heterocycles. The molecule has 25 heavy (non-hydrogen) atoms. The molecule has 2 aromatic rings. The predicted molar refractivity (Wildman–Crippen MR) is 101 cm³/mol. The number of rotatable bonds is 5. The van der Waals surface area contributed by atoms with Crippen LogP contribution in [0.4, 0.5) is 5.69 Å². The van der Waals surface area contributed by atoms with Gasteiger partial charge >= 0.3 is 0 Å². The molecule has 0 saturated heterocycles. The summed E-state index contributed by atoms with van der Waals surface area (Å²) < 4.78 is 0.916. The van der Waals surface area contributed by atoms with E-state index in [-0.39, 0.29) is 17.2 Å². The number of guanidine groups is 1. The van der Waals surface area contributed by atoms with E-state index in [0.717, 1.165) is 9.37 Å². The SMILES string of the molecule is CCc1cc(Sc2ccc(Br)cc2)c([N+](=O)[O-])cc1C(=O)N=C(N)N. The van der Waals surface area contributed by atoms with Gasteiger partial charge in [0.05, 0.1) is 15.4 Å². The first-order valence-corrected chi connectivity index (χ1v) is 8.81. The maximum atomic E-state index is 12.1. The Morgan fingerprint density at radius 3 is 2.44 bits per heavy atom. The van der Waals surface area contributed by atoms with Gasteiger partial charge in [0.1, 0.15) is 0 Å². The molecule has 0 fully saturated rings. The number of nitro groups is 1. The standard InChI is InChI=1S/C16H15BrN4O3S/c1-2-9-7-14(25-11-5-3-10(17)4-6-11)13(21(23)24)8-12(9)15(22)20-16(18)19/h3-8H,2H2,1H3,(H4,18,19,20,22). The van der Waals surface area contributed by atoms with Gasteiger partial charge in [-0.1, -0.05) is 34.6 Å². The van der Waals surface area contributed by atoms with Gasteiger partial charge in [-0.3, -0.25) is 14.9 Å². The second-order valence-electron chi connectivity index (χ2n) is 4.99. The average molecular weight is 423 g/mol. The van der Waals surface area contributed by atoms with Crippen molar-refractivity contribution < 1.29 is 9.72 Å². The van der Waals surface area contributed by atoms with Crippen molar-refractivity contribution in [3.63, 3.8) is 0 Å². The molecule has 0 heterocycles. The fourth-order valence-corrected chi connectivity index (χ4v) is 3.36. The Hall–Kier alpha value is -2.39. The Labute approximate surface area is 156 Å². The summed E-state index contributed by atoms with van der Waals surface area (Å²) in [6.45, 7) is 1.85. The predicted octanol–water partition coefficient (Wildman–Crippen LogP) is 3.48. The van der Waals surface area contributed by atoms with Crippen LogP contribution in [0.3, 0.4) is 0 Å². The summed E-state index contributed by atoms with van der Waals surface area (Å²) in [7, 11) is 0. The van der Waals surface area contributed by atoms with Crippen LogP contribution in [-0.2, 0) is 6.42 Å². The van der Waals surface area contributed by atoms with Crippen molar-refractivity contribution in [1.29, 1.82) is 0 Å². The Morgan fingerprint density at radius 2 is 1.92 bits per heavy atom. The highest BCUT2D eigenvalue weighted by molar-refractivity contribution is 9.10. The molecule has 0 aromatic heterocycles. The number of hydrogen-bond donors (Lipinski definition) is 2. The molecule has 7 nitrogen and oxygen atoms in total. The summed E-state index contributed by atoms with van der Waals surface area (Å²) in [5.74, 6) is -1.08. The molecule has 0 spiro atoms. The van der Waals surface area contributed by atoms with Crippen LogP contribution in [0.2, 0.25) is 0 Å². The lowest BCUT2D eigenvalue weighted by molar-refractivity contribution is -0.387. The lowest BCUT2D eigenvalue weighted by Gasteiger charge is -2.09. The van der Waals surface area contributed by atoms with Crippen LogP contribution in [0, 0.1) is 10.1 Å². The van der Waals surface area contributed by atoms with Crippen LogP contribution in [0.1, 0.15) is 22.8 Å². The van der Waals surface area contributed by atoms with Crippen molar-refractivity contribution in [1.82, 2.24) is 0 Å². The Bertz CT molecular complexity index is 849. The van der Waals surface area contributed by atoms with E-state index < -0.39 is 10.8 Å². The maximum absolute atomic E-state index is 12.1. The largest absolute Gasteiger partial charge is 0.370 e. The molecule has 0 saturated carbocycles. The summed E-state index contributed by atoms with van der Waals surface area (Å²) in [6, 6.07) is 10.3. The van der Waals surface area contributed by atoms with Gasteiger partial charge in [0.25, 0.3) is 11.6 Å². The molecule has 0 aliphatic rings. The minimum atomic E-state index is -0.694. The molecular formula is C16H15BrN4O3S. The van der Waals surface area contributed by atoms with E-state index in [1.807, 2.05) is 31.2 Å². The highest BCUT2D eigenvalue weighted by atomic mass is 79.9. The molecular weight excluding hydrogens is 408 g/mol. The molecule has 0 atom stereocenters. The van der Waals surface area contributed by atoms with Gasteiger partial charge in [-0.15, -0.1) is 0 Å². The summed E-state index contributed by atoms with van der Waals surface area (Å²) in [5.41, 5.74) is 11.1. The van der Waals surface area contributed by atoms with Crippen molar-refractivity contribution in [2.24, 2.45) is 16.5 Å². The van der Waals surface area contributed by atoms with E-state index in [1.165, 1.54) is 17.8 Å². The van der Waals surface area contributed by atoms with Crippen LogP contribution in [0.15, 0.2) is 55.7 Å². The quantitative estimate of drug-likeness (QED) is 0.328. The number of carbonyl (C=O) groups is 1. The summed E-state index contributed by atoms with van der Waals surface area (Å²) in [5, 5.41) is 11.5. The Morgan fingerprint density at radius 1 is 1.28 bits per heavy atom. The monoisotopic (exact) mass is 422 g/mol. The third kappa shape index (κ3) is 4.80.